The number of carbonyl (C=O) groups excluding carboxylic acids is 2. The number of hydrogen-bond acceptors (Lipinski definition) is 5. The molecule has 2 aromatic rings. The van der Waals surface area contributed by atoms with Crippen molar-refractivity contribution in [1.82, 2.24) is 0 Å². The lowest BCUT2D eigenvalue weighted by atomic mass is 10.0. The smallest absolute Gasteiger partial charge is 0.335 e. The molecule has 0 heterocycles. The summed E-state index contributed by atoms with van der Waals surface area (Å²) in [6.07, 6.45) is 0.884. The van der Waals surface area contributed by atoms with Gasteiger partial charge in [0.15, 0.2) is 5.78 Å². The summed E-state index contributed by atoms with van der Waals surface area (Å²) in [6.45, 7) is 3.23. The molecule has 0 aliphatic rings. The zero-order chi connectivity index (χ0) is 16.1. The van der Waals surface area contributed by atoms with E-state index in [4.69, 9.17) is 4.74 Å². The molecule has 22 heavy (non-hydrogen) atoms. The summed E-state index contributed by atoms with van der Waals surface area (Å²) in [7, 11) is 0. The highest BCUT2D eigenvalue weighted by Crippen LogP contribution is 2.32. The van der Waals surface area contributed by atoms with E-state index in [0.717, 1.165) is 6.08 Å². The fourth-order valence-corrected chi connectivity index (χ4v) is 1.87. The molecule has 6 nitrogen and oxygen atoms in total. The van der Waals surface area contributed by atoms with E-state index >= 15 is 0 Å². The van der Waals surface area contributed by atoms with Crippen molar-refractivity contribution >= 4 is 17.4 Å². The summed E-state index contributed by atoms with van der Waals surface area (Å²) in [5.74, 6) is -1.66. The van der Waals surface area contributed by atoms with E-state index in [-0.39, 0.29) is 11.3 Å². The van der Waals surface area contributed by atoms with Crippen LogP contribution in [0.15, 0.2) is 61.2 Å². The molecular weight excluding hydrogens is 286 g/mol. The van der Waals surface area contributed by atoms with Gasteiger partial charge < -0.3 is 4.74 Å². The summed E-state index contributed by atoms with van der Waals surface area (Å²) in [4.78, 5) is 34.2. The number of nitro groups is 1. The monoisotopic (exact) mass is 297 g/mol. The number of benzene rings is 2. The molecule has 0 bridgehead atoms. The zero-order valence-corrected chi connectivity index (χ0v) is 11.4. The van der Waals surface area contributed by atoms with Gasteiger partial charge in [0.05, 0.1) is 4.92 Å². The summed E-state index contributed by atoms with van der Waals surface area (Å²) in [5, 5.41) is 11.3. The van der Waals surface area contributed by atoms with E-state index < -0.39 is 22.4 Å². The minimum absolute atomic E-state index is 0.148. The Hall–Kier alpha value is -3.28. The van der Waals surface area contributed by atoms with E-state index in [2.05, 4.69) is 6.58 Å². The molecule has 110 valence electrons. The number of rotatable bonds is 5. The summed E-state index contributed by atoms with van der Waals surface area (Å²) in [5.41, 5.74) is -0.394. The molecule has 0 spiro atoms. The Bertz CT molecular complexity index is 752. The second kappa shape index (κ2) is 6.45. The maximum Gasteiger partial charge on any atom is 0.335 e. The summed E-state index contributed by atoms with van der Waals surface area (Å²) >= 11 is 0. The van der Waals surface area contributed by atoms with Crippen molar-refractivity contribution < 1.29 is 19.2 Å². The lowest BCUT2D eigenvalue weighted by molar-refractivity contribution is -0.385. The van der Waals surface area contributed by atoms with Crippen molar-refractivity contribution in [3.8, 4) is 5.75 Å². The van der Waals surface area contributed by atoms with Crippen LogP contribution in [0.5, 0.6) is 5.75 Å². The first-order valence-corrected chi connectivity index (χ1v) is 6.26. The molecule has 0 aromatic heterocycles. The Morgan fingerprint density at radius 2 is 1.77 bits per heavy atom. The number of para-hydroxylation sites is 1. The van der Waals surface area contributed by atoms with Gasteiger partial charge in [-0.2, -0.15) is 0 Å². The van der Waals surface area contributed by atoms with Crippen LogP contribution in [0.25, 0.3) is 0 Å². The maximum absolute atomic E-state index is 12.4. The molecule has 0 aliphatic carbocycles. The topological polar surface area (TPSA) is 86.5 Å². The molecule has 6 heteroatoms. The molecule has 0 saturated heterocycles. The van der Waals surface area contributed by atoms with Crippen LogP contribution in [0.2, 0.25) is 0 Å². The molecule has 0 amide bonds. The number of nitrogens with zero attached hydrogens (tertiary/aromatic N) is 1. The number of hydrogen-bond donors (Lipinski definition) is 0. The SMILES string of the molecule is C=CC(=O)Oc1cccc(C(=O)c2ccccc2)c1[N+](=O)[O-]. The van der Waals surface area contributed by atoms with Crippen molar-refractivity contribution in [2.45, 2.75) is 0 Å². The molecule has 0 radical (unpaired) electrons. The standard InChI is InChI=1S/C16H11NO5/c1-2-14(18)22-13-10-6-9-12(15(13)17(20)21)16(19)11-7-4-3-5-8-11/h2-10H,1H2. The Labute approximate surface area is 125 Å². The van der Waals surface area contributed by atoms with Gasteiger partial charge in [0.1, 0.15) is 5.56 Å². The van der Waals surface area contributed by atoms with Crippen LogP contribution < -0.4 is 4.74 Å². The number of ketones is 1. The van der Waals surface area contributed by atoms with Crippen LogP contribution in [0.3, 0.4) is 0 Å². The van der Waals surface area contributed by atoms with E-state index in [1.165, 1.54) is 18.2 Å². The molecule has 0 fully saturated rings. The normalized spacial score (nSPS) is 9.82. The molecule has 0 saturated carbocycles. The predicted molar refractivity (Wildman–Crippen MR) is 78.8 cm³/mol. The van der Waals surface area contributed by atoms with Crippen LogP contribution in [-0.2, 0) is 4.79 Å². The van der Waals surface area contributed by atoms with E-state index in [0.29, 0.717) is 5.56 Å². The summed E-state index contributed by atoms with van der Waals surface area (Å²) < 4.78 is 4.83. The van der Waals surface area contributed by atoms with E-state index in [9.17, 15) is 19.7 Å². The number of nitro benzene ring substituents is 1. The second-order valence-electron chi connectivity index (χ2n) is 4.23. The highest BCUT2D eigenvalue weighted by molar-refractivity contribution is 6.12. The third-order valence-electron chi connectivity index (χ3n) is 2.84. The summed E-state index contributed by atoms with van der Waals surface area (Å²) in [6, 6.07) is 12.1. The minimum atomic E-state index is -0.840. The van der Waals surface area contributed by atoms with Crippen LogP contribution in [-0.4, -0.2) is 16.7 Å². The van der Waals surface area contributed by atoms with E-state index in [1.807, 2.05) is 0 Å². The average Bonchev–Trinajstić information content (AvgIpc) is 2.54. The third kappa shape index (κ3) is 3.06. The Balaban J connectivity index is 2.54. The van der Waals surface area contributed by atoms with Gasteiger partial charge in [0.25, 0.3) is 0 Å². The lowest BCUT2D eigenvalue weighted by Gasteiger charge is -2.07. The molecular formula is C16H11NO5. The molecule has 2 aromatic carbocycles. The zero-order valence-electron chi connectivity index (χ0n) is 11.4. The minimum Gasteiger partial charge on any atom is -0.416 e. The Morgan fingerprint density at radius 1 is 1.09 bits per heavy atom. The molecule has 0 atom stereocenters. The van der Waals surface area contributed by atoms with Gasteiger partial charge in [-0.1, -0.05) is 43.0 Å². The second-order valence-corrected chi connectivity index (χ2v) is 4.23. The quantitative estimate of drug-likeness (QED) is 0.211. The fraction of sp³-hybridized carbons (Fsp3) is 0. The molecule has 0 unspecified atom stereocenters. The van der Waals surface area contributed by atoms with Crippen molar-refractivity contribution in [2.75, 3.05) is 0 Å². The van der Waals surface area contributed by atoms with Crippen LogP contribution in [0.1, 0.15) is 15.9 Å². The van der Waals surface area contributed by atoms with Gasteiger partial charge in [-0.3, -0.25) is 14.9 Å². The van der Waals surface area contributed by atoms with Gasteiger partial charge in [0.2, 0.25) is 5.75 Å². The highest BCUT2D eigenvalue weighted by Gasteiger charge is 2.27. The lowest BCUT2D eigenvalue weighted by Crippen LogP contribution is -2.10. The Morgan fingerprint density at radius 3 is 2.36 bits per heavy atom. The predicted octanol–water partition coefficient (Wildman–Crippen LogP) is 2.92. The molecule has 0 N–H and O–H groups in total. The van der Waals surface area contributed by atoms with Gasteiger partial charge in [-0.05, 0) is 12.1 Å². The first-order valence-electron chi connectivity index (χ1n) is 6.26. The van der Waals surface area contributed by atoms with Crippen LogP contribution in [0.4, 0.5) is 5.69 Å². The van der Waals surface area contributed by atoms with E-state index in [1.54, 1.807) is 30.3 Å². The van der Waals surface area contributed by atoms with Crippen molar-refractivity contribution in [3.05, 3.63) is 82.4 Å². The number of carbonyl (C=O) groups is 2. The van der Waals surface area contributed by atoms with Gasteiger partial charge in [-0.25, -0.2) is 4.79 Å². The van der Waals surface area contributed by atoms with Crippen molar-refractivity contribution in [2.24, 2.45) is 0 Å². The van der Waals surface area contributed by atoms with Crippen molar-refractivity contribution in [3.63, 3.8) is 0 Å². The number of esters is 1. The van der Waals surface area contributed by atoms with Gasteiger partial charge in [-0.15, -0.1) is 0 Å². The van der Waals surface area contributed by atoms with Crippen LogP contribution >= 0.6 is 0 Å². The fourth-order valence-electron chi connectivity index (χ4n) is 1.87. The number of ether oxygens (including phenoxy) is 1. The average molecular weight is 297 g/mol. The highest BCUT2D eigenvalue weighted by atomic mass is 16.6. The first-order chi connectivity index (χ1) is 10.5. The van der Waals surface area contributed by atoms with Crippen LogP contribution in [0, 0.1) is 10.1 Å². The van der Waals surface area contributed by atoms with Gasteiger partial charge in [0, 0.05) is 11.6 Å². The third-order valence-corrected chi connectivity index (χ3v) is 2.84. The molecule has 2 rings (SSSR count). The Kier molecular flexibility index (Phi) is 4.43. The first kappa shape index (κ1) is 15.1. The van der Waals surface area contributed by atoms with Crippen molar-refractivity contribution in [1.29, 1.82) is 0 Å². The maximum atomic E-state index is 12.4. The molecule has 0 aliphatic heterocycles. The largest absolute Gasteiger partial charge is 0.416 e. The van der Waals surface area contributed by atoms with Gasteiger partial charge >= 0.3 is 11.7 Å².